The highest BCUT2D eigenvalue weighted by Crippen LogP contribution is 2.31. The minimum absolute atomic E-state index is 0.0554. The SMILES string of the molecule is Cc1csc(CNC(C)C)c1S(=O)(=O)N(C)C1CCOC1. The number of nitrogens with one attached hydrogen (secondary N) is 1. The maximum Gasteiger partial charge on any atom is 0.244 e. The lowest BCUT2D eigenvalue weighted by atomic mass is 10.3. The normalized spacial score (nSPS) is 19.8. The van der Waals surface area contributed by atoms with Gasteiger partial charge in [0.05, 0.1) is 12.6 Å². The summed E-state index contributed by atoms with van der Waals surface area (Å²) in [4.78, 5) is 1.35. The molecule has 0 amide bonds. The Hall–Kier alpha value is -0.470. The van der Waals surface area contributed by atoms with Crippen LogP contribution in [0.25, 0.3) is 0 Å². The molecule has 1 unspecified atom stereocenters. The summed E-state index contributed by atoms with van der Waals surface area (Å²) < 4.78 is 32.6. The molecule has 1 aromatic heterocycles. The average Bonchev–Trinajstić information content (AvgIpc) is 3.04. The Kier molecular flexibility index (Phi) is 5.43. The third-order valence-electron chi connectivity index (χ3n) is 3.72. The molecule has 0 radical (unpaired) electrons. The summed E-state index contributed by atoms with van der Waals surface area (Å²) in [6, 6.07) is 0.268. The fourth-order valence-corrected chi connectivity index (χ4v) is 5.48. The summed E-state index contributed by atoms with van der Waals surface area (Å²) in [6.07, 6.45) is 0.762. The third-order valence-corrected chi connectivity index (χ3v) is 7.09. The number of hydrogen-bond donors (Lipinski definition) is 1. The molecule has 0 spiro atoms. The van der Waals surface area contributed by atoms with Crippen molar-refractivity contribution in [2.75, 3.05) is 20.3 Å². The molecular formula is C14H24N2O3S2. The first kappa shape index (κ1) is 16.9. The van der Waals surface area contributed by atoms with Crippen LogP contribution in [-0.4, -0.2) is 45.1 Å². The molecule has 0 aromatic carbocycles. The lowest BCUT2D eigenvalue weighted by molar-refractivity contribution is 0.181. The zero-order valence-electron chi connectivity index (χ0n) is 13.0. The highest BCUT2D eigenvalue weighted by atomic mass is 32.2. The van der Waals surface area contributed by atoms with E-state index in [1.165, 1.54) is 15.6 Å². The summed E-state index contributed by atoms with van der Waals surface area (Å²) in [5.41, 5.74) is 0.825. The molecule has 2 heterocycles. The molecule has 1 atom stereocenters. The molecule has 0 saturated carbocycles. The summed E-state index contributed by atoms with van der Waals surface area (Å²) in [7, 11) is -1.81. The molecule has 7 heteroatoms. The van der Waals surface area contributed by atoms with E-state index in [1.807, 2.05) is 12.3 Å². The van der Waals surface area contributed by atoms with Gasteiger partial charge in [0.1, 0.15) is 4.90 Å². The Morgan fingerprint density at radius 3 is 2.81 bits per heavy atom. The first-order chi connectivity index (χ1) is 9.84. The fraction of sp³-hybridized carbons (Fsp3) is 0.714. The molecule has 0 aliphatic carbocycles. The van der Waals surface area contributed by atoms with Gasteiger partial charge in [-0.2, -0.15) is 4.31 Å². The van der Waals surface area contributed by atoms with Gasteiger partial charge in [-0.15, -0.1) is 11.3 Å². The van der Waals surface area contributed by atoms with E-state index in [-0.39, 0.29) is 6.04 Å². The maximum absolute atomic E-state index is 12.9. The van der Waals surface area contributed by atoms with Crippen molar-refractivity contribution < 1.29 is 13.2 Å². The number of nitrogens with zero attached hydrogens (tertiary/aromatic N) is 1. The molecule has 120 valence electrons. The fourth-order valence-electron chi connectivity index (χ4n) is 2.40. The molecule has 21 heavy (non-hydrogen) atoms. The van der Waals surface area contributed by atoms with Crippen LogP contribution in [-0.2, 0) is 21.3 Å². The molecule has 1 aromatic rings. The number of likely N-dealkylation sites (N-methyl/N-ethyl adjacent to an activating group) is 1. The van der Waals surface area contributed by atoms with Crippen LogP contribution >= 0.6 is 11.3 Å². The van der Waals surface area contributed by atoms with Crippen LogP contribution in [0, 0.1) is 6.92 Å². The molecular weight excluding hydrogens is 308 g/mol. The second kappa shape index (κ2) is 6.75. The van der Waals surface area contributed by atoms with Gasteiger partial charge in [-0.3, -0.25) is 0 Å². The highest BCUT2D eigenvalue weighted by Gasteiger charge is 2.33. The molecule has 1 aliphatic rings. The maximum atomic E-state index is 12.9. The Labute approximate surface area is 131 Å². The summed E-state index contributed by atoms with van der Waals surface area (Å²) >= 11 is 1.51. The molecule has 1 aliphatic heterocycles. The Morgan fingerprint density at radius 2 is 2.24 bits per heavy atom. The van der Waals surface area contributed by atoms with Crippen molar-refractivity contribution in [3.05, 3.63) is 15.8 Å². The lowest BCUT2D eigenvalue weighted by Crippen LogP contribution is -2.38. The molecule has 1 saturated heterocycles. The summed E-state index contributed by atoms with van der Waals surface area (Å²) in [5.74, 6) is 0. The van der Waals surface area contributed by atoms with Gasteiger partial charge in [0, 0.05) is 31.1 Å². The number of thiophene rings is 1. The Balaban J connectivity index is 2.28. The number of hydrogen-bond acceptors (Lipinski definition) is 5. The van der Waals surface area contributed by atoms with Gasteiger partial charge in [-0.25, -0.2) is 8.42 Å². The van der Waals surface area contributed by atoms with E-state index in [4.69, 9.17) is 4.74 Å². The van der Waals surface area contributed by atoms with Crippen LogP contribution in [0.15, 0.2) is 10.3 Å². The predicted molar refractivity (Wildman–Crippen MR) is 85.2 cm³/mol. The Bertz CT molecular complexity index is 575. The minimum Gasteiger partial charge on any atom is -0.380 e. The van der Waals surface area contributed by atoms with Crippen molar-refractivity contribution >= 4 is 21.4 Å². The van der Waals surface area contributed by atoms with Gasteiger partial charge in [0.2, 0.25) is 10.0 Å². The van der Waals surface area contributed by atoms with Crippen molar-refractivity contribution in [2.24, 2.45) is 0 Å². The van der Waals surface area contributed by atoms with E-state index in [9.17, 15) is 8.42 Å². The zero-order chi connectivity index (χ0) is 15.6. The number of sulfonamides is 1. The second-order valence-corrected chi connectivity index (χ2v) is 8.64. The average molecular weight is 332 g/mol. The van der Waals surface area contributed by atoms with Crippen molar-refractivity contribution in [3.63, 3.8) is 0 Å². The minimum atomic E-state index is -3.46. The standard InChI is InChI=1S/C14H24N2O3S2/c1-10(2)15-7-13-14(11(3)9-20-13)21(17,18)16(4)12-5-6-19-8-12/h9-10,12,15H,5-8H2,1-4H3. The van der Waals surface area contributed by atoms with E-state index < -0.39 is 10.0 Å². The third kappa shape index (κ3) is 3.65. The number of ether oxygens (including phenoxy) is 1. The van der Waals surface area contributed by atoms with Crippen LogP contribution in [0.1, 0.15) is 30.7 Å². The van der Waals surface area contributed by atoms with Gasteiger partial charge in [-0.05, 0) is 24.3 Å². The largest absolute Gasteiger partial charge is 0.380 e. The van der Waals surface area contributed by atoms with Crippen LogP contribution < -0.4 is 5.32 Å². The van der Waals surface area contributed by atoms with Crippen LogP contribution in [0.2, 0.25) is 0 Å². The van der Waals surface area contributed by atoms with Crippen molar-refractivity contribution in [2.45, 2.75) is 50.7 Å². The smallest absolute Gasteiger partial charge is 0.244 e. The summed E-state index contributed by atoms with van der Waals surface area (Å²) in [6.45, 7) is 7.67. The molecule has 1 N–H and O–H groups in total. The van der Waals surface area contributed by atoms with Gasteiger partial charge in [0.25, 0.3) is 0 Å². The van der Waals surface area contributed by atoms with E-state index in [2.05, 4.69) is 19.2 Å². The summed E-state index contributed by atoms with van der Waals surface area (Å²) in [5, 5.41) is 5.22. The molecule has 2 rings (SSSR count). The predicted octanol–water partition coefficient (Wildman–Crippen LogP) is 1.96. The van der Waals surface area contributed by atoms with Crippen molar-refractivity contribution in [1.82, 2.24) is 9.62 Å². The van der Waals surface area contributed by atoms with Crippen molar-refractivity contribution in [3.8, 4) is 0 Å². The quantitative estimate of drug-likeness (QED) is 0.865. The van der Waals surface area contributed by atoms with Gasteiger partial charge < -0.3 is 10.1 Å². The van der Waals surface area contributed by atoms with Gasteiger partial charge in [0.15, 0.2) is 0 Å². The first-order valence-corrected chi connectivity index (χ1v) is 9.52. The van der Waals surface area contributed by atoms with Crippen molar-refractivity contribution in [1.29, 1.82) is 0 Å². The van der Waals surface area contributed by atoms with E-state index >= 15 is 0 Å². The topological polar surface area (TPSA) is 58.6 Å². The number of aryl methyl sites for hydroxylation is 1. The second-order valence-electron chi connectivity index (χ2n) is 5.75. The van der Waals surface area contributed by atoms with E-state index in [0.717, 1.165) is 16.9 Å². The van der Waals surface area contributed by atoms with Gasteiger partial charge >= 0.3 is 0 Å². The molecule has 1 fully saturated rings. The lowest BCUT2D eigenvalue weighted by Gasteiger charge is -2.23. The van der Waals surface area contributed by atoms with E-state index in [0.29, 0.717) is 30.7 Å². The zero-order valence-corrected chi connectivity index (χ0v) is 14.7. The van der Waals surface area contributed by atoms with Crippen LogP contribution in [0.3, 0.4) is 0 Å². The van der Waals surface area contributed by atoms with Crippen LogP contribution in [0.5, 0.6) is 0 Å². The van der Waals surface area contributed by atoms with E-state index in [1.54, 1.807) is 7.05 Å². The van der Waals surface area contributed by atoms with Gasteiger partial charge in [-0.1, -0.05) is 13.8 Å². The molecule has 5 nitrogen and oxygen atoms in total. The van der Waals surface area contributed by atoms with Crippen LogP contribution in [0.4, 0.5) is 0 Å². The first-order valence-electron chi connectivity index (χ1n) is 7.20. The Morgan fingerprint density at radius 1 is 1.52 bits per heavy atom. The monoisotopic (exact) mass is 332 g/mol. The highest BCUT2D eigenvalue weighted by molar-refractivity contribution is 7.89. The number of rotatable bonds is 6. The molecule has 0 bridgehead atoms.